The molecule has 2 saturated carbocycles. The zero-order chi connectivity index (χ0) is 11.9. The predicted octanol–water partition coefficient (Wildman–Crippen LogP) is 3.57. The molecule has 1 heterocycles. The van der Waals surface area contributed by atoms with Crippen LogP contribution < -0.4 is 5.32 Å². The summed E-state index contributed by atoms with van der Waals surface area (Å²) < 4.78 is 1.31. The summed E-state index contributed by atoms with van der Waals surface area (Å²) in [7, 11) is 0. The first kappa shape index (κ1) is 10.9. The molecular weight excluding hydrogens is 240 g/mol. The van der Waals surface area contributed by atoms with E-state index in [-0.39, 0.29) is 0 Å². The first-order valence-corrected chi connectivity index (χ1v) is 7.79. The second-order valence-corrected chi connectivity index (χ2v) is 6.77. The van der Waals surface area contributed by atoms with Crippen LogP contribution in [0.2, 0.25) is 0 Å². The molecule has 2 fully saturated rings. The fraction of sp³-hybridized carbons (Fsp3) is 0.533. The van der Waals surface area contributed by atoms with Crippen molar-refractivity contribution in [2.75, 3.05) is 0 Å². The van der Waals surface area contributed by atoms with Crippen molar-refractivity contribution in [3.63, 3.8) is 0 Å². The summed E-state index contributed by atoms with van der Waals surface area (Å²) in [6.45, 7) is 0.955. The maximum atomic E-state index is 4.70. The minimum atomic E-state index is 0.775. The molecule has 0 aliphatic heterocycles. The Bertz CT molecular complexity index is 509. The van der Waals surface area contributed by atoms with Crippen molar-refractivity contribution in [3.05, 3.63) is 29.3 Å². The molecule has 0 saturated heterocycles. The summed E-state index contributed by atoms with van der Waals surface area (Å²) in [4.78, 5) is 4.70. The number of thiazole rings is 1. The lowest BCUT2D eigenvalue weighted by Crippen LogP contribution is -2.32. The fourth-order valence-corrected chi connectivity index (χ4v) is 3.75. The molecule has 0 bridgehead atoms. The third-order valence-electron chi connectivity index (χ3n) is 4.09. The largest absolute Gasteiger partial charge is 0.307 e. The monoisotopic (exact) mass is 258 g/mol. The summed E-state index contributed by atoms with van der Waals surface area (Å²) in [6.07, 6.45) is 5.75. The van der Waals surface area contributed by atoms with Gasteiger partial charge in [0, 0.05) is 12.6 Å². The normalized spacial score (nSPS) is 19.8. The molecule has 1 N–H and O–H groups in total. The summed E-state index contributed by atoms with van der Waals surface area (Å²) in [5.74, 6) is 1.93. The number of benzene rings is 1. The smallest absolute Gasteiger partial charge is 0.108 e. The Morgan fingerprint density at radius 2 is 1.89 bits per heavy atom. The van der Waals surface area contributed by atoms with Gasteiger partial charge in [0.05, 0.1) is 10.2 Å². The van der Waals surface area contributed by atoms with Crippen molar-refractivity contribution in [2.45, 2.75) is 38.3 Å². The third-order valence-corrected chi connectivity index (χ3v) is 5.12. The van der Waals surface area contributed by atoms with Crippen molar-refractivity contribution in [2.24, 2.45) is 11.8 Å². The molecule has 0 atom stereocenters. The van der Waals surface area contributed by atoms with Crippen LogP contribution in [0.4, 0.5) is 0 Å². The molecule has 94 valence electrons. The van der Waals surface area contributed by atoms with Gasteiger partial charge >= 0.3 is 0 Å². The fourth-order valence-electron chi connectivity index (χ4n) is 2.83. The molecule has 4 rings (SSSR count). The number of rotatable bonds is 5. The van der Waals surface area contributed by atoms with Gasteiger partial charge in [0.1, 0.15) is 5.01 Å². The average Bonchev–Trinajstić information content (AvgIpc) is 3.28. The number of hydrogen-bond acceptors (Lipinski definition) is 3. The molecule has 0 unspecified atom stereocenters. The van der Waals surface area contributed by atoms with Gasteiger partial charge < -0.3 is 5.32 Å². The van der Waals surface area contributed by atoms with Crippen LogP contribution >= 0.6 is 11.3 Å². The predicted molar refractivity (Wildman–Crippen MR) is 75.7 cm³/mol. The Hall–Kier alpha value is -0.930. The second-order valence-electron chi connectivity index (χ2n) is 5.66. The zero-order valence-corrected chi connectivity index (χ0v) is 11.2. The van der Waals surface area contributed by atoms with E-state index in [0.717, 1.165) is 29.9 Å². The van der Waals surface area contributed by atoms with E-state index in [1.807, 2.05) is 11.3 Å². The maximum Gasteiger partial charge on any atom is 0.108 e. The van der Waals surface area contributed by atoms with Crippen molar-refractivity contribution in [1.29, 1.82) is 0 Å². The van der Waals surface area contributed by atoms with Gasteiger partial charge in [-0.1, -0.05) is 12.1 Å². The van der Waals surface area contributed by atoms with Crippen LogP contribution in [0.3, 0.4) is 0 Å². The minimum absolute atomic E-state index is 0.775. The van der Waals surface area contributed by atoms with Gasteiger partial charge in [-0.15, -0.1) is 11.3 Å². The Morgan fingerprint density at radius 1 is 1.17 bits per heavy atom. The van der Waals surface area contributed by atoms with E-state index >= 15 is 0 Å². The molecule has 2 nitrogen and oxygen atoms in total. The summed E-state index contributed by atoms with van der Waals surface area (Å²) in [5.41, 5.74) is 1.15. The number of aromatic nitrogens is 1. The number of nitrogens with zero attached hydrogens (tertiary/aromatic N) is 1. The lowest BCUT2D eigenvalue weighted by atomic mass is 10.1. The number of para-hydroxylation sites is 1. The van der Waals surface area contributed by atoms with Gasteiger partial charge in [-0.25, -0.2) is 4.98 Å². The molecule has 0 radical (unpaired) electrons. The number of nitrogens with one attached hydrogen (secondary N) is 1. The van der Waals surface area contributed by atoms with Crippen LogP contribution in [0.25, 0.3) is 10.2 Å². The molecule has 1 aromatic heterocycles. The van der Waals surface area contributed by atoms with E-state index in [1.165, 1.54) is 35.4 Å². The van der Waals surface area contributed by atoms with Crippen LogP contribution in [-0.4, -0.2) is 11.0 Å². The van der Waals surface area contributed by atoms with Crippen LogP contribution in [0.15, 0.2) is 24.3 Å². The van der Waals surface area contributed by atoms with Crippen molar-refractivity contribution in [1.82, 2.24) is 10.3 Å². The van der Waals surface area contributed by atoms with Gasteiger partial charge in [0.25, 0.3) is 0 Å². The van der Waals surface area contributed by atoms with Gasteiger partial charge in [0.2, 0.25) is 0 Å². The highest BCUT2D eigenvalue weighted by molar-refractivity contribution is 7.18. The Balaban J connectivity index is 1.46. The van der Waals surface area contributed by atoms with E-state index in [2.05, 4.69) is 29.6 Å². The molecule has 2 aromatic rings. The number of fused-ring (bicyclic) bond motifs is 1. The van der Waals surface area contributed by atoms with Crippen LogP contribution in [0.5, 0.6) is 0 Å². The average molecular weight is 258 g/mol. The molecular formula is C15H18N2S. The Morgan fingerprint density at radius 3 is 2.56 bits per heavy atom. The van der Waals surface area contributed by atoms with E-state index in [4.69, 9.17) is 4.98 Å². The lowest BCUT2D eigenvalue weighted by Gasteiger charge is -2.16. The molecule has 2 aliphatic carbocycles. The van der Waals surface area contributed by atoms with Gasteiger partial charge in [-0.3, -0.25) is 0 Å². The van der Waals surface area contributed by atoms with Gasteiger partial charge in [-0.05, 0) is 49.7 Å². The summed E-state index contributed by atoms with van der Waals surface area (Å²) >= 11 is 1.83. The van der Waals surface area contributed by atoms with Crippen molar-refractivity contribution >= 4 is 21.6 Å². The highest BCUT2D eigenvalue weighted by Crippen LogP contribution is 2.44. The quantitative estimate of drug-likeness (QED) is 0.886. The SMILES string of the molecule is c1ccc2sc(CNC(C3CC3)C3CC3)nc2c1. The van der Waals surface area contributed by atoms with Gasteiger partial charge in [-0.2, -0.15) is 0 Å². The standard InChI is InChI=1S/C15H18N2S/c1-2-4-13-12(3-1)17-14(18-13)9-16-15(10-5-6-10)11-7-8-11/h1-4,10-11,15-16H,5-9H2. The van der Waals surface area contributed by atoms with Gasteiger partial charge in [0.15, 0.2) is 0 Å². The molecule has 2 aliphatic rings. The molecule has 1 aromatic carbocycles. The zero-order valence-electron chi connectivity index (χ0n) is 10.4. The number of hydrogen-bond donors (Lipinski definition) is 1. The minimum Gasteiger partial charge on any atom is -0.307 e. The first-order chi connectivity index (χ1) is 8.90. The molecule has 0 amide bonds. The summed E-state index contributed by atoms with van der Waals surface area (Å²) in [6, 6.07) is 9.20. The first-order valence-electron chi connectivity index (χ1n) is 6.98. The maximum absolute atomic E-state index is 4.70. The third kappa shape index (κ3) is 2.17. The second kappa shape index (κ2) is 4.32. The summed E-state index contributed by atoms with van der Waals surface area (Å²) in [5, 5.41) is 5.01. The lowest BCUT2D eigenvalue weighted by molar-refractivity contribution is 0.415. The molecule has 3 heteroatoms. The van der Waals surface area contributed by atoms with E-state index in [0.29, 0.717) is 0 Å². The van der Waals surface area contributed by atoms with E-state index in [1.54, 1.807) is 0 Å². The van der Waals surface area contributed by atoms with E-state index in [9.17, 15) is 0 Å². The van der Waals surface area contributed by atoms with Crippen LogP contribution in [0.1, 0.15) is 30.7 Å². The Kier molecular flexibility index (Phi) is 2.63. The van der Waals surface area contributed by atoms with Crippen LogP contribution in [-0.2, 0) is 6.54 Å². The molecule has 18 heavy (non-hydrogen) atoms. The van der Waals surface area contributed by atoms with E-state index < -0.39 is 0 Å². The molecule has 0 spiro atoms. The highest BCUT2D eigenvalue weighted by atomic mass is 32.1. The Labute approximate surface area is 111 Å². The topological polar surface area (TPSA) is 24.9 Å². The van der Waals surface area contributed by atoms with Crippen LogP contribution in [0, 0.1) is 11.8 Å². The van der Waals surface area contributed by atoms with Crippen molar-refractivity contribution in [3.8, 4) is 0 Å². The van der Waals surface area contributed by atoms with Crippen molar-refractivity contribution < 1.29 is 0 Å². The highest BCUT2D eigenvalue weighted by Gasteiger charge is 2.41.